The minimum Gasteiger partial charge on any atom is -0.487 e. The third-order valence-electron chi connectivity index (χ3n) is 3.37. The zero-order valence-electron chi connectivity index (χ0n) is 12.6. The van der Waals surface area contributed by atoms with E-state index >= 15 is 0 Å². The Labute approximate surface area is 130 Å². The van der Waals surface area contributed by atoms with Crippen LogP contribution in [0.2, 0.25) is 5.02 Å². The SMILES string of the molecule is CCc1cc(COc2ccc(Cl)cc2[C@H](C)O)n(CC)n1. The predicted molar refractivity (Wildman–Crippen MR) is 83.7 cm³/mol. The van der Waals surface area contributed by atoms with E-state index in [-0.39, 0.29) is 0 Å². The molecule has 0 saturated heterocycles. The molecule has 0 fully saturated rings. The Bertz CT molecular complexity index is 608. The smallest absolute Gasteiger partial charge is 0.130 e. The fourth-order valence-corrected chi connectivity index (χ4v) is 2.39. The lowest BCUT2D eigenvalue weighted by Crippen LogP contribution is -2.07. The molecule has 0 aliphatic heterocycles. The normalized spacial score (nSPS) is 12.4. The second kappa shape index (κ2) is 6.96. The first-order valence-electron chi connectivity index (χ1n) is 7.21. The molecule has 21 heavy (non-hydrogen) atoms. The Morgan fingerprint density at radius 2 is 2.10 bits per heavy atom. The molecule has 2 rings (SSSR count). The van der Waals surface area contributed by atoms with Crippen molar-refractivity contribution in [3.05, 3.63) is 46.2 Å². The van der Waals surface area contributed by atoms with Gasteiger partial charge in [-0.1, -0.05) is 18.5 Å². The fraction of sp³-hybridized carbons (Fsp3) is 0.438. The van der Waals surface area contributed by atoms with E-state index in [1.807, 2.05) is 4.68 Å². The van der Waals surface area contributed by atoms with Gasteiger partial charge in [0.2, 0.25) is 0 Å². The number of aliphatic hydroxyl groups excluding tert-OH is 1. The number of aliphatic hydroxyl groups is 1. The maximum absolute atomic E-state index is 9.81. The minimum atomic E-state index is -0.624. The van der Waals surface area contributed by atoms with Gasteiger partial charge in [-0.05, 0) is 44.5 Å². The van der Waals surface area contributed by atoms with Crippen LogP contribution in [-0.2, 0) is 19.6 Å². The average Bonchev–Trinajstić information content (AvgIpc) is 2.88. The molecule has 114 valence electrons. The van der Waals surface area contributed by atoms with Gasteiger partial charge in [-0.2, -0.15) is 5.10 Å². The number of nitrogens with zero attached hydrogens (tertiary/aromatic N) is 2. The quantitative estimate of drug-likeness (QED) is 0.884. The molecule has 0 aliphatic rings. The standard InChI is InChI=1S/C16H21ClN2O2/c1-4-13-9-14(19(5-2)18-13)10-21-16-7-6-12(17)8-15(16)11(3)20/h6-9,11,20H,4-5,10H2,1-3H3/t11-/m0/s1. The summed E-state index contributed by atoms with van der Waals surface area (Å²) in [5.41, 5.74) is 2.78. The van der Waals surface area contributed by atoms with Gasteiger partial charge in [-0.3, -0.25) is 4.68 Å². The molecule has 1 N–H and O–H groups in total. The van der Waals surface area contributed by atoms with Gasteiger partial charge in [0.15, 0.2) is 0 Å². The third-order valence-corrected chi connectivity index (χ3v) is 3.61. The van der Waals surface area contributed by atoms with Crippen LogP contribution in [0, 0.1) is 0 Å². The second-order valence-electron chi connectivity index (χ2n) is 4.94. The van der Waals surface area contributed by atoms with Crippen LogP contribution in [0.25, 0.3) is 0 Å². The molecule has 1 heterocycles. The van der Waals surface area contributed by atoms with E-state index in [2.05, 4.69) is 25.0 Å². The van der Waals surface area contributed by atoms with Crippen LogP contribution in [0.1, 0.15) is 43.8 Å². The van der Waals surface area contributed by atoms with Crippen LogP contribution in [0.3, 0.4) is 0 Å². The largest absolute Gasteiger partial charge is 0.487 e. The van der Waals surface area contributed by atoms with E-state index < -0.39 is 6.10 Å². The maximum atomic E-state index is 9.81. The Hall–Kier alpha value is -1.52. The van der Waals surface area contributed by atoms with Crippen molar-refractivity contribution < 1.29 is 9.84 Å². The molecule has 0 unspecified atom stereocenters. The van der Waals surface area contributed by atoms with Crippen LogP contribution in [0.15, 0.2) is 24.3 Å². The number of hydrogen-bond donors (Lipinski definition) is 1. The van der Waals surface area contributed by atoms with Gasteiger partial charge in [-0.25, -0.2) is 0 Å². The van der Waals surface area contributed by atoms with Crippen LogP contribution >= 0.6 is 11.6 Å². The average molecular weight is 309 g/mol. The van der Waals surface area contributed by atoms with E-state index in [0.717, 1.165) is 24.4 Å². The van der Waals surface area contributed by atoms with Gasteiger partial charge in [0.05, 0.1) is 17.5 Å². The number of rotatable bonds is 6. The number of ether oxygens (including phenoxy) is 1. The highest BCUT2D eigenvalue weighted by Crippen LogP contribution is 2.29. The Morgan fingerprint density at radius 3 is 2.71 bits per heavy atom. The molecule has 0 amide bonds. The monoisotopic (exact) mass is 308 g/mol. The number of hydrogen-bond acceptors (Lipinski definition) is 3. The molecular weight excluding hydrogens is 288 g/mol. The third kappa shape index (κ3) is 3.77. The summed E-state index contributed by atoms with van der Waals surface area (Å²) in [7, 11) is 0. The molecule has 1 atom stereocenters. The zero-order chi connectivity index (χ0) is 15.4. The first-order chi connectivity index (χ1) is 10.0. The summed E-state index contributed by atoms with van der Waals surface area (Å²) in [6, 6.07) is 7.34. The lowest BCUT2D eigenvalue weighted by atomic mass is 10.1. The lowest BCUT2D eigenvalue weighted by molar-refractivity contribution is 0.189. The number of halogens is 1. The second-order valence-corrected chi connectivity index (χ2v) is 5.38. The molecule has 0 bridgehead atoms. The molecule has 1 aromatic heterocycles. The Morgan fingerprint density at radius 1 is 1.33 bits per heavy atom. The van der Waals surface area contributed by atoms with Gasteiger partial charge >= 0.3 is 0 Å². The molecule has 0 spiro atoms. The molecule has 4 nitrogen and oxygen atoms in total. The van der Waals surface area contributed by atoms with Crippen molar-refractivity contribution in [2.75, 3.05) is 0 Å². The van der Waals surface area contributed by atoms with Crippen molar-refractivity contribution >= 4 is 11.6 Å². The zero-order valence-corrected chi connectivity index (χ0v) is 13.4. The van der Waals surface area contributed by atoms with Crippen LogP contribution < -0.4 is 4.74 Å². The van der Waals surface area contributed by atoms with Crippen molar-refractivity contribution in [3.63, 3.8) is 0 Å². The molecule has 1 aromatic carbocycles. The van der Waals surface area contributed by atoms with Gasteiger partial charge in [0, 0.05) is 17.1 Å². The van der Waals surface area contributed by atoms with Crippen molar-refractivity contribution in [1.29, 1.82) is 0 Å². The Balaban J connectivity index is 2.18. The summed E-state index contributed by atoms with van der Waals surface area (Å²) in [6.45, 7) is 7.06. The molecular formula is C16H21ClN2O2. The van der Waals surface area contributed by atoms with Gasteiger partial charge in [0.1, 0.15) is 12.4 Å². The van der Waals surface area contributed by atoms with Crippen molar-refractivity contribution in [3.8, 4) is 5.75 Å². The number of aryl methyl sites for hydroxylation is 2. The Kier molecular flexibility index (Phi) is 5.26. The summed E-state index contributed by atoms with van der Waals surface area (Å²) in [4.78, 5) is 0. The van der Waals surface area contributed by atoms with E-state index in [1.165, 1.54) is 0 Å². The van der Waals surface area contributed by atoms with Crippen molar-refractivity contribution in [1.82, 2.24) is 9.78 Å². The minimum absolute atomic E-state index is 0.419. The highest BCUT2D eigenvalue weighted by Gasteiger charge is 2.12. The van der Waals surface area contributed by atoms with E-state index in [1.54, 1.807) is 25.1 Å². The van der Waals surface area contributed by atoms with E-state index in [4.69, 9.17) is 16.3 Å². The van der Waals surface area contributed by atoms with Gasteiger partial charge in [0.25, 0.3) is 0 Å². The molecule has 0 saturated carbocycles. The van der Waals surface area contributed by atoms with Crippen molar-refractivity contribution in [2.24, 2.45) is 0 Å². The lowest BCUT2D eigenvalue weighted by Gasteiger charge is -2.14. The van der Waals surface area contributed by atoms with Crippen LogP contribution in [0.4, 0.5) is 0 Å². The maximum Gasteiger partial charge on any atom is 0.130 e. The topological polar surface area (TPSA) is 47.3 Å². The molecule has 2 aromatic rings. The highest BCUT2D eigenvalue weighted by molar-refractivity contribution is 6.30. The molecule has 0 aliphatic carbocycles. The summed E-state index contributed by atoms with van der Waals surface area (Å²) in [5.74, 6) is 0.649. The first kappa shape index (κ1) is 15.9. The summed E-state index contributed by atoms with van der Waals surface area (Å²) in [5, 5.41) is 14.9. The van der Waals surface area contributed by atoms with E-state index in [0.29, 0.717) is 22.9 Å². The van der Waals surface area contributed by atoms with Crippen LogP contribution in [0.5, 0.6) is 5.75 Å². The summed E-state index contributed by atoms with van der Waals surface area (Å²) in [6.07, 6.45) is 0.279. The van der Waals surface area contributed by atoms with Crippen LogP contribution in [-0.4, -0.2) is 14.9 Å². The van der Waals surface area contributed by atoms with Gasteiger partial charge in [-0.15, -0.1) is 0 Å². The summed E-state index contributed by atoms with van der Waals surface area (Å²) < 4.78 is 7.80. The number of aromatic nitrogens is 2. The first-order valence-corrected chi connectivity index (χ1v) is 7.58. The van der Waals surface area contributed by atoms with E-state index in [9.17, 15) is 5.11 Å². The predicted octanol–water partition coefficient (Wildman–Crippen LogP) is 3.75. The highest BCUT2D eigenvalue weighted by atomic mass is 35.5. The number of benzene rings is 1. The summed E-state index contributed by atoms with van der Waals surface area (Å²) >= 11 is 5.97. The molecule has 5 heteroatoms. The molecule has 0 radical (unpaired) electrons. The van der Waals surface area contributed by atoms with Gasteiger partial charge < -0.3 is 9.84 Å². The fourth-order valence-electron chi connectivity index (χ4n) is 2.21. The van der Waals surface area contributed by atoms with Crippen molar-refractivity contribution in [2.45, 2.75) is 46.4 Å².